The van der Waals surface area contributed by atoms with E-state index in [0.29, 0.717) is 0 Å². The van der Waals surface area contributed by atoms with Crippen molar-refractivity contribution in [2.24, 2.45) is 0 Å². The van der Waals surface area contributed by atoms with Gasteiger partial charge in [-0.1, -0.05) is 0 Å². The Balaban J connectivity index is -0.0000000267. The van der Waals surface area contributed by atoms with Crippen LogP contribution in [0.25, 0.3) is 0 Å². The Bertz CT molecular complexity index is 95.6. The summed E-state index contributed by atoms with van der Waals surface area (Å²) in [5, 5.41) is 0. The molecule has 8 heteroatoms. The van der Waals surface area contributed by atoms with Crippen molar-refractivity contribution in [2.75, 3.05) is 0 Å². The van der Waals surface area contributed by atoms with Crippen molar-refractivity contribution in [3.8, 4) is 0 Å². The molecule has 0 aromatic carbocycles. The number of hydrogen-bond acceptors (Lipinski definition) is 4. The monoisotopic (exact) mass is 286 g/mol. The van der Waals surface area contributed by atoms with Gasteiger partial charge >= 0.3 is 120 Å². The van der Waals surface area contributed by atoms with E-state index in [0.717, 1.165) is 0 Å². The normalized spacial score (nSPS) is 7.25. The molecule has 0 aliphatic rings. The molecule has 0 heterocycles. The van der Waals surface area contributed by atoms with Crippen molar-refractivity contribution in [1.29, 1.82) is 0 Å². The fourth-order valence-electron chi connectivity index (χ4n) is 0. The molecule has 0 bridgehead atoms. The van der Waals surface area contributed by atoms with Crippen LogP contribution in [-0.4, -0.2) is 23.0 Å². The van der Waals surface area contributed by atoms with Crippen LogP contribution in [0.5, 0.6) is 0 Å². The maximum Gasteiger partial charge on any atom is 1.00 e. The van der Waals surface area contributed by atoms with Crippen LogP contribution in [0.3, 0.4) is 0 Å². The first-order chi connectivity index (χ1) is 2.00. The van der Waals surface area contributed by atoms with Crippen molar-refractivity contribution in [2.45, 2.75) is 0 Å². The Morgan fingerprint density at radius 3 is 1.38 bits per heavy atom. The van der Waals surface area contributed by atoms with Gasteiger partial charge in [0.2, 0.25) is 10.4 Å². The average molecular weight is 286 g/mol. The first-order valence-electron chi connectivity index (χ1n) is 0.683. The van der Waals surface area contributed by atoms with Gasteiger partial charge in [-0.15, -0.1) is 0 Å². The number of rotatable bonds is 0. The Morgan fingerprint density at radius 1 is 1.38 bits per heavy atom. The van der Waals surface area contributed by atoms with Crippen LogP contribution in [0.2, 0.25) is 0 Å². The minimum absolute atomic E-state index is 0. The van der Waals surface area contributed by atoms with Crippen molar-refractivity contribution >= 4 is 10.4 Å². The van der Waals surface area contributed by atoms with Crippen LogP contribution in [0.15, 0.2) is 0 Å². The van der Waals surface area contributed by atoms with Crippen molar-refractivity contribution in [3.63, 3.8) is 0 Å². The van der Waals surface area contributed by atoms with Crippen LogP contribution in [0.1, 0.15) is 0 Å². The minimum Gasteiger partial charge on any atom is -0.870 e. The van der Waals surface area contributed by atoms with Crippen LogP contribution >= 0.6 is 0 Å². The summed E-state index contributed by atoms with van der Waals surface area (Å²) < 4.78 is 32.8. The molecule has 0 saturated carbocycles. The third-order valence-corrected chi connectivity index (χ3v) is 0. The van der Waals surface area contributed by atoms with E-state index < -0.39 is 10.4 Å². The van der Waals surface area contributed by atoms with Crippen LogP contribution in [0.4, 0.5) is 0 Å². The summed E-state index contributed by atoms with van der Waals surface area (Å²) in [5.74, 6) is 0. The predicted molar refractivity (Wildman–Crippen MR) is 14.3 cm³/mol. The van der Waals surface area contributed by atoms with Gasteiger partial charge in [0.15, 0.2) is 0 Å². The largest absolute Gasteiger partial charge is 1.00 e. The summed E-state index contributed by atoms with van der Waals surface area (Å²) in [6.07, 6.45) is 0. The Labute approximate surface area is 149 Å². The van der Waals surface area contributed by atoms with Gasteiger partial charge < -0.3 is 10.0 Å². The first kappa shape index (κ1) is 22.5. The van der Waals surface area contributed by atoms with Crippen LogP contribution < -0.4 is 120 Å². The van der Waals surface area contributed by atoms with E-state index in [9.17, 15) is 0 Å². The quantitative estimate of drug-likeness (QED) is 0.270. The zero-order valence-electron chi connectivity index (χ0n) is 4.53. The van der Waals surface area contributed by atoms with Crippen molar-refractivity contribution in [3.05, 3.63) is 0 Å². The molecule has 0 fully saturated rings. The van der Waals surface area contributed by atoms with Gasteiger partial charge in [0, 0.05) is 0 Å². The molecule has 0 radical (unpaired) electrons. The zero-order chi connectivity index (χ0) is 4.50. The van der Waals surface area contributed by atoms with Crippen molar-refractivity contribution in [1.82, 2.24) is 0 Å². The van der Waals surface area contributed by atoms with Crippen molar-refractivity contribution < 1.29 is 143 Å². The van der Waals surface area contributed by atoms with Gasteiger partial charge in [0.1, 0.15) is 0 Å². The molecular formula is H2CsKO5S. The summed E-state index contributed by atoms with van der Waals surface area (Å²) >= 11 is 0. The molecule has 0 amide bonds. The molecule has 0 atom stereocenters. The van der Waals surface area contributed by atoms with E-state index in [2.05, 4.69) is 0 Å². The summed E-state index contributed by atoms with van der Waals surface area (Å²) in [5.41, 5.74) is 0. The van der Waals surface area contributed by atoms with Gasteiger partial charge in [-0.25, -0.2) is 8.42 Å². The Hall–Kier alpha value is 3.52. The second-order valence-corrected chi connectivity index (χ2v) is 1.28. The molecule has 8 heavy (non-hydrogen) atoms. The van der Waals surface area contributed by atoms with Gasteiger partial charge in [-0.3, -0.25) is 4.55 Å². The maximum atomic E-state index is 8.63. The van der Waals surface area contributed by atoms with Gasteiger partial charge in [-0.2, -0.15) is 0 Å². The second kappa shape index (κ2) is 10.5. The molecule has 5 nitrogen and oxygen atoms in total. The van der Waals surface area contributed by atoms with Gasteiger partial charge in [0.25, 0.3) is 0 Å². The molecule has 0 saturated heterocycles. The molecule has 0 rings (SSSR count). The second-order valence-electron chi connectivity index (χ2n) is 0.428. The molecule has 0 aromatic rings. The van der Waals surface area contributed by atoms with Crippen LogP contribution in [0, 0.1) is 0 Å². The molecule has 0 aliphatic carbocycles. The standard InChI is InChI=1S/Cs.K.H2O4S.H2O/c;;1-5(2,3)4;/h;;(H2,1,2,3,4);1H2/q2*+1;;/p-2. The van der Waals surface area contributed by atoms with E-state index in [1.807, 2.05) is 0 Å². The molecule has 0 unspecified atom stereocenters. The third kappa shape index (κ3) is 55.8. The van der Waals surface area contributed by atoms with E-state index >= 15 is 0 Å². The fourth-order valence-corrected chi connectivity index (χ4v) is 0. The first-order valence-corrected chi connectivity index (χ1v) is 2.05. The molecule has 40 valence electrons. The molecule has 0 aliphatic heterocycles. The Morgan fingerprint density at radius 2 is 1.38 bits per heavy atom. The van der Waals surface area contributed by atoms with Gasteiger partial charge in [-0.05, 0) is 0 Å². The smallest absolute Gasteiger partial charge is 0.870 e. The van der Waals surface area contributed by atoms with E-state index in [1.54, 1.807) is 0 Å². The molecular weight excluding hydrogens is 284 g/mol. The topological polar surface area (TPSA) is 107 Å². The average Bonchev–Trinajstić information content (AvgIpc) is 0.722. The van der Waals surface area contributed by atoms with E-state index in [4.69, 9.17) is 17.5 Å². The SMILES string of the molecule is O=S(=O)([O-])O.[Cs+].[K+].[OH-]. The summed E-state index contributed by atoms with van der Waals surface area (Å²) in [6.45, 7) is 0. The molecule has 0 aromatic heterocycles. The zero-order valence-corrected chi connectivity index (χ0v) is 14.7. The van der Waals surface area contributed by atoms with Crippen LogP contribution in [-0.2, 0) is 10.4 Å². The summed E-state index contributed by atoms with van der Waals surface area (Å²) in [7, 11) is -4.92. The van der Waals surface area contributed by atoms with Gasteiger partial charge in [0.05, 0.1) is 0 Å². The predicted octanol–water partition coefficient (Wildman–Crippen LogP) is -7.16. The molecule has 2 N–H and O–H groups in total. The maximum absolute atomic E-state index is 8.63. The molecule has 0 spiro atoms. The number of hydrogen-bond donors (Lipinski definition) is 1. The third-order valence-electron chi connectivity index (χ3n) is 0. The van der Waals surface area contributed by atoms with E-state index in [-0.39, 0.29) is 126 Å². The fraction of sp³-hybridized carbons (Fsp3) is 0. The summed E-state index contributed by atoms with van der Waals surface area (Å²) in [4.78, 5) is 0. The minimum atomic E-state index is -4.92. The van der Waals surface area contributed by atoms with E-state index in [1.165, 1.54) is 0 Å². The summed E-state index contributed by atoms with van der Waals surface area (Å²) in [6, 6.07) is 0. The Kier molecular flexibility index (Phi) is 29.6.